The van der Waals surface area contributed by atoms with Crippen molar-refractivity contribution in [2.45, 2.75) is 46.1 Å². The van der Waals surface area contributed by atoms with E-state index in [9.17, 15) is 9.59 Å². The second kappa shape index (κ2) is 9.18. The molecular formula is C15H24N2O3. The van der Waals surface area contributed by atoms with Crippen LogP contribution in [0.25, 0.3) is 0 Å². The lowest BCUT2D eigenvalue weighted by Gasteiger charge is -2.19. The van der Waals surface area contributed by atoms with Gasteiger partial charge in [0, 0.05) is 26.4 Å². The van der Waals surface area contributed by atoms with Gasteiger partial charge < -0.3 is 14.6 Å². The number of carbonyl (C=O) groups is 2. The molecule has 0 saturated heterocycles. The fourth-order valence-corrected chi connectivity index (χ4v) is 1.87. The topological polar surface area (TPSA) is 62.6 Å². The first-order valence-corrected chi connectivity index (χ1v) is 7.18. The summed E-state index contributed by atoms with van der Waals surface area (Å²) < 4.78 is 5.22. The number of nitrogens with one attached hydrogen (secondary N) is 1. The number of carbonyl (C=O) groups excluding carboxylic acids is 2. The van der Waals surface area contributed by atoms with Gasteiger partial charge in [-0.25, -0.2) is 0 Å². The van der Waals surface area contributed by atoms with E-state index in [4.69, 9.17) is 4.42 Å². The molecule has 0 unspecified atom stereocenters. The predicted octanol–water partition coefficient (Wildman–Crippen LogP) is 2.32. The van der Waals surface area contributed by atoms with Gasteiger partial charge >= 0.3 is 0 Å². The Bertz CT molecular complexity index is 401. The highest BCUT2D eigenvalue weighted by Gasteiger charge is 2.12. The summed E-state index contributed by atoms with van der Waals surface area (Å²) in [5, 5.41) is 2.87. The molecule has 0 saturated carbocycles. The van der Waals surface area contributed by atoms with E-state index in [2.05, 4.69) is 12.2 Å². The zero-order valence-corrected chi connectivity index (χ0v) is 12.4. The Hall–Kier alpha value is -1.78. The molecule has 2 amide bonds. The molecule has 0 radical (unpaired) electrons. The summed E-state index contributed by atoms with van der Waals surface area (Å²) in [4.78, 5) is 24.8. The van der Waals surface area contributed by atoms with E-state index >= 15 is 0 Å². The summed E-state index contributed by atoms with van der Waals surface area (Å²) in [6, 6.07) is 3.61. The second-order valence-electron chi connectivity index (χ2n) is 4.83. The van der Waals surface area contributed by atoms with Crippen molar-refractivity contribution in [2.24, 2.45) is 0 Å². The highest BCUT2D eigenvalue weighted by molar-refractivity contribution is 5.77. The quantitative estimate of drug-likeness (QED) is 0.706. The summed E-state index contributed by atoms with van der Waals surface area (Å²) >= 11 is 0. The number of hydrogen-bond acceptors (Lipinski definition) is 3. The molecule has 0 aliphatic rings. The third-order valence-electron chi connectivity index (χ3n) is 3.08. The number of rotatable bonds is 9. The van der Waals surface area contributed by atoms with E-state index in [1.54, 1.807) is 17.2 Å². The molecule has 1 aromatic rings. The Kier molecular flexibility index (Phi) is 7.47. The number of nitrogens with zero attached hydrogens (tertiary/aromatic N) is 1. The molecule has 1 heterocycles. The van der Waals surface area contributed by atoms with E-state index in [0.717, 1.165) is 25.0 Å². The van der Waals surface area contributed by atoms with Crippen molar-refractivity contribution in [3.05, 3.63) is 24.2 Å². The summed E-state index contributed by atoms with van der Waals surface area (Å²) in [7, 11) is 0. The average molecular weight is 280 g/mol. The molecule has 0 aromatic carbocycles. The van der Waals surface area contributed by atoms with Crippen LogP contribution in [0.2, 0.25) is 0 Å². The number of hydrogen-bond donors (Lipinski definition) is 1. The van der Waals surface area contributed by atoms with Gasteiger partial charge in [-0.05, 0) is 18.6 Å². The van der Waals surface area contributed by atoms with Crippen molar-refractivity contribution < 1.29 is 14.0 Å². The van der Waals surface area contributed by atoms with Crippen molar-refractivity contribution in [2.75, 3.05) is 13.1 Å². The van der Waals surface area contributed by atoms with Crippen molar-refractivity contribution in [1.82, 2.24) is 10.2 Å². The summed E-state index contributed by atoms with van der Waals surface area (Å²) in [6.07, 6.45) is 5.17. The first-order valence-electron chi connectivity index (χ1n) is 7.18. The number of furan rings is 1. The largest absolute Gasteiger partial charge is 0.467 e. The molecule has 112 valence electrons. The van der Waals surface area contributed by atoms with Crippen LogP contribution in [0.3, 0.4) is 0 Å². The Morgan fingerprint density at radius 2 is 2.15 bits per heavy atom. The molecular weight excluding hydrogens is 256 g/mol. The standard InChI is InChI=1S/C15H24N2O3/c1-3-4-5-9-16-15(19)8-10-17(13(2)18)12-14-7-6-11-20-14/h6-7,11H,3-5,8-10,12H2,1-2H3,(H,16,19). The minimum absolute atomic E-state index is 0.00759. The van der Waals surface area contributed by atoms with E-state index in [0.29, 0.717) is 26.1 Å². The number of unbranched alkanes of at least 4 members (excludes halogenated alkanes) is 2. The highest BCUT2D eigenvalue weighted by Crippen LogP contribution is 2.06. The first-order chi connectivity index (χ1) is 9.63. The molecule has 1 rings (SSSR count). The van der Waals surface area contributed by atoms with E-state index < -0.39 is 0 Å². The van der Waals surface area contributed by atoms with Gasteiger partial charge in [-0.2, -0.15) is 0 Å². The van der Waals surface area contributed by atoms with Crippen LogP contribution in [0.15, 0.2) is 22.8 Å². The van der Waals surface area contributed by atoms with Crippen LogP contribution in [0, 0.1) is 0 Å². The van der Waals surface area contributed by atoms with Crippen LogP contribution < -0.4 is 5.32 Å². The van der Waals surface area contributed by atoms with Gasteiger partial charge in [-0.15, -0.1) is 0 Å². The van der Waals surface area contributed by atoms with Crippen molar-refractivity contribution in [1.29, 1.82) is 0 Å². The fourth-order valence-electron chi connectivity index (χ4n) is 1.87. The average Bonchev–Trinajstić information content (AvgIpc) is 2.92. The first kappa shape index (κ1) is 16.3. The fraction of sp³-hybridized carbons (Fsp3) is 0.600. The molecule has 0 atom stereocenters. The third-order valence-corrected chi connectivity index (χ3v) is 3.08. The van der Waals surface area contributed by atoms with Gasteiger partial charge in [-0.1, -0.05) is 19.8 Å². The maximum atomic E-state index is 11.7. The van der Waals surface area contributed by atoms with Gasteiger partial charge in [-0.3, -0.25) is 9.59 Å². The molecule has 0 aliphatic heterocycles. The molecule has 0 spiro atoms. The van der Waals surface area contributed by atoms with Crippen LogP contribution in [-0.2, 0) is 16.1 Å². The zero-order valence-electron chi connectivity index (χ0n) is 12.4. The maximum Gasteiger partial charge on any atom is 0.221 e. The molecule has 1 aromatic heterocycles. The van der Waals surface area contributed by atoms with Gasteiger partial charge in [0.25, 0.3) is 0 Å². The highest BCUT2D eigenvalue weighted by atomic mass is 16.3. The van der Waals surface area contributed by atoms with E-state index in [1.165, 1.54) is 6.92 Å². The van der Waals surface area contributed by atoms with Gasteiger partial charge in [0.2, 0.25) is 11.8 Å². The normalized spacial score (nSPS) is 10.3. The SMILES string of the molecule is CCCCCNC(=O)CCN(Cc1ccco1)C(C)=O. The lowest BCUT2D eigenvalue weighted by Crippen LogP contribution is -2.33. The van der Waals surface area contributed by atoms with E-state index in [1.807, 2.05) is 6.07 Å². The minimum atomic E-state index is -0.0554. The molecule has 0 bridgehead atoms. The summed E-state index contributed by atoms with van der Waals surface area (Å²) in [5.74, 6) is 0.663. The molecule has 0 aliphatic carbocycles. The van der Waals surface area contributed by atoms with Crippen LogP contribution in [0.1, 0.15) is 45.3 Å². The molecule has 5 nitrogen and oxygen atoms in total. The second-order valence-corrected chi connectivity index (χ2v) is 4.83. The maximum absolute atomic E-state index is 11.7. The lowest BCUT2D eigenvalue weighted by atomic mass is 10.2. The summed E-state index contributed by atoms with van der Waals surface area (Å²) in [6.45, 7) is 5.16. The molecule has 5 heteroatoms. The van der Waals surface area contributed by atoms with Crippen LogP contribution in [0.5, 0.6) is 0 Å². The lowest BCUT2D eigenvalue weighted by molar-refractivity contribution is -0.130. The van der Waals surface area contributed by atoms with Crippen molar-refractivity contribution in [3.63, 3.8) is 0 Å². The molecule has 0 fully saturated rings. The van der Waals surface area contributed by atoms with Gasteiger partial charge in [0.1, 0.15) is 5.76 Å². The summed E-state index contributed by atoms with van der Waals surface area (Å²) in [5.41, 5.74) is 0. The smallest absolute Gasteiger partial charge is 0.221 e. The number of amides is 2. The minimum Gasteiger partial charge on any atom is -0.467 e. The van der Waals surface area contributed by atoms with Gasteiger partial charge in [0.05, 0.1) is 12.8 Å². The van der Waals surface area contributed by atoms with Crippen molar-refractivity contribution >= 4 is 11.8 Å². The molecule has 20 heavy (non-hydrogen) atoms. The Labute approximate surface area is 120 Å². The van der Waals surface area contributed by atoms with Crippen LogP contribution in [-0.4, -0.2) is 29.8 Å². The monoisotopic (exact) mass is 280 g/mol. The Balaban J connectivity index is 2.28. The molecule has 1 N–H and O–H groups in total. The van der Waals surface area contributed by atoms with Crippen LogP contribution in [0.4, 0.5) is 0 Å². The predicted molar refractivity (Wildman–Crippen MR) is 77.0 cm³/mol. The third kappa shape index (κ3) is 6.41. The Morgan fingerprint density at radius 1 is 1.35 bits per heavy atom. The Morgan fingerprint density at radius 3 is 2.75 bits per heavy atom. The van der Waals surface area contributed by atoms with Crippen molar-refractivity contribution in [3.8, 4) is 0 Å². The van der Waals surface area contributed by atoms with E-state index in [-0.39, 0.29) is 11.8 Å². The van der Waals surface area contributed by atoms with Gasteiger partial charge in [0.15, 0.2) is 0 Å². The van der Waals surface area contributed by atoms with Crippen LogP contribution >= 0.6 is 0 Å². The zero-order chi connectivity index (χ0) is 14.8.